The number of carbonyl (C=O) groups excluding carboxylic acids is 2. The Morgan fingerprint density at radius 2 is 1.79 bits per heavy atom. The van der Waals surface area contributed by atoms with E-state index in [1.807, 2.05) is 11.8 Å². The first kappa shape index (κ1) is 22.0. The highest BCUT2D eigenvalue weighted by Gasteiger charge is 2.30. The summed E-state index contributed by atoms with van der Waals surface area (Å²) in [7, 11) is 0. The third-order valence-electron chi connectivity index (χ3n) is 6.93. The Morgan fingerprint density at radius 1 is 1.06 bits per heavy atom. The summed E-state index contributed by atoms with van der Waals surface area (Å²) in [6.07, 6.45) is 3.56. The number of carbonyl (C=O) groups is 2. The molecule has 1 aromatic heterocycles. The highest BCUT2D eigenvalue weighted by atomic mass is 16.5. The number of aromatic nitrogens is 2. The van der Waals surface area contributed by atoms with Crippen LogP contribution in [0, 0.1) is 6.92 Å². The highest BCUT2D eigenvalue weighted by molar-refractivity contribution is 5.95. The molecule has 3 aliphatic rings. The van der Waals surface area contributed by atoms with Crippen LogP contribution in [0.2, 0.25) is 0 Å². The molecule has 0 N–H and O–H groups in total. The molecule has 3 aliphatic heterocycles. The normalized spacial score (nSPS) is 21.2. The molecular weight excluding hydrogens is 418 g/mol. The van der Waals surface area contributed by atoms with Gasteiger partial charge in [-0.15, -0.1) is 0 Å². The lowest BCUT2D eigenvalue weighted by Crippen LogP contribution is -2.44. The number of morpholine rings is 1. The van der Waals surface area contributed by atoms with E-state index in [0.29, 0.717) is 50.7 Å². The molecule has 1 aromatic carbocycles. The number of ether oxygens (including phenoxy) is 1. The van der Waals surface area contributed by atoms with Crippen molar-refractivity contribution in [2.45, 2.75) is 38.8 Å². The lowest BCUT2D eigenvalue weighted by atomic mass is 9.96. The van der Waals surface area contributed by atoms with Crippen molar-refractivity contribution < 1.29 is 14.3 Å². The molecule has 5 rings (SSSR count). The molecule has 2 aromatic rings. The van der Waals surface area contributed by atoms with Crippen molar-refractivity contribution in [3.05, 3.63) is 58.7 Å². The number of amides is 2. The number of nitrogens with zero attached hydrogens (tertiary/aromatic N) is 5. The Labute approximate surface area is 194 Å². The molecule has 2 fully saturated rings. The van der Waals surface area contributed by atoms with Crippen LogP contribution in [0.3, 0.4) is 0 Å². The SMILES string of the molecule is Cc1nc(C2CCCN(C(=O)CN3Cc4ccccc4C3)C2)ncc1C(=O)N1CCOCC1. The van der Waals surface area contributed by atoms with Gasteiger partial charge in [0.1, 0.15) is 5.82 Å². The van der Waals surface area contributed by atoms with E-state index in [9.17, 15) is 9.59 Å². The van der Waals surface area contributed by atoms with E-state index < -0.39 is 0 Å². The summed E-state index contributed by atoms with van der Waals surface area (Å²) in [4.78, 5) is 41.1. The fourth-order valence-electron chi connectivity index (χ4n) is 5.05. The molecule has 1 unspecified atom stereocenters. The van der Waals surface area contributed by atoms with Gasteiger partial charge in [-0.1, -0.05) is 24.3 Å². The standard InChI is InChI=1S/C25H31N5O3/c1-18-22(25(32)29-9-11-33-12-10-29)13-26-24(27-18)21-7-4-8-30(16-21)23(31)17-28-14-19-5-2-3-6-20(19)15-28/h2-3,5-6,13,21H,4,7-12,14-17H2,1H3. The minimum Gasteiger partial charge on any atom is -0.378 e. The van der Waals surface area contributed by atoms with E-state index in [1.54, 1.807) is 11.1 Å². The van der Waals surface area contributed by atoms with Gasteiger partial charge >= 0.3 is 0 Å². The van der Waals surface area contributed by atoms with E-state index in [-0.39, 0.29) is 17.7 Å². The van der Waals surface area contributed by atoms with Crippen LogP contribution in [0.25, 0.3) is 0 Å². The Balaban J connectivity index is 1.21. The molecule has 0 radical (unpaired) electrons. The van der Waals surface area contributed by atoms with Crippen molar-refractivity contribution in [3.63, 3.8) is 0 Å². The van der Waals surface area contributed by atoms with Gasteiger partial charge in [-0.25, -0.2) is 9.97 Å². The average molecular weight is 450 g/mol. The average Bonchev–Trinajstić information content (AvgIpc) is 3.26. The monoisotopic (exact) mass is 449 g/mol. The summed E-state index contributed by atoms with van der Waals surface area (Å²) in [5.74, 6) is 0.972. The zero-order valence-corrected chi connectivity index (χ0v) is 19.2. The molecule has 8 nitrogen and oxygen atoms in total. The second-order valence-corrected chi connectivity index (χ2v) is 9.22. The molecule has 2 amide bonds. The fourth-order valence-corrected chi connectivity index (χ4v) is 5.05. The summed E-state index contributed by atoms with van der Waals surface area (Å²) < 4.78 is 5.34. The molecular formula is C25H31N5O3. The predicted molar refractivity (Wildman–Crippen MR) is 123 cm³/mol. The third-order valence-corrected chi connectivity index (χ3v) is 6.93. The van der Waals surface area contributed by atoms with Crippen molar-refractivity contribution in [3.8, 4) is 0 Å². The summed E-state index contributed by atoms with van der Waals surface area (Å²) in [6.45, 7) is 7.73. The second kappa shape index (κ2) is 9.57. The number of likely N-dealkylation sites (tertiary alicyclic amines) is 1. The van der Waals surface area contributed by atoms with Gasteiger partial charge in [0.25, 0.3) is 5.91 Å². The van der Waals surface area contributed by atoms with E-state index in [1.165, 1.54) is 11.1 Å². The smallest absolute Gasteiger partial charge is 0.257 e. The Bertz CT molecular complexity index is 1010. The topological polar surface area (TPSA) is 78.9 Å². The van der Waals surface area contributed by atoms with Crippen molar-refractivity contribution in [1.29, 1.82) is 0 Å². The summed E-state index contributed by atoms with van der Waals surface area (Å²) in [6, 6.07) is 8.40. The lowest BCUT2D eigenvalue weighted by molar-refractivity contribution is -0.133. The largest absolute Gasteiger partial charge is 0.378 e. The van der Waals surface area contributed by atoms with Crippen LogP contribution < -0.4 is 0 Å². The first-order valence-electron chi connectivity index (χ1n) is 11.9. The number of benzene rings is 1. The van der Waals surface area contributed by atoms with Gasteiger partial charge in [0.2, 0.25) is 5.91 Å². The molecule has 174 valence electrons. The van der Waals surface area contributed by atoms with Gasteiger partial charge in [0.15, 0.2) is 0 Å². The first-order valence-corrected chi connectivity index (χ1v) is 11.9. The van der Waals surface area contributed by atoms with Gasteiger partial charge in [0.05, 0.1) is 31.0 Å². The Kier molecular flexibility index (Phi) is 6.37. The maximum absolute atomic E-state index is 13.1. The molecule has 2 saturated heterocycles. The van der Waals surface area contributed by atoms with Crippen LogP contribution in [-0.2, 0) is 22.6 Å². The molecule has 0 spiro atoms. The predicted octanol–water partition coefficient (Wildman–Crippen LogP) is 1.98. The molecule has 1 atom stereocenters. The van der Waals surface area contributed by atoms with Gasteiger partial charge in [-0.05, 0) is 30.9 Å². The Hall–Kier alpha value is -2.84. The van der Waals surface area contributed by atoms with Gasteiger partial charge < -0.3 is 14.5 Å². The minimum absolute atomic E-state index is 0.0330. The van der Waals surface area contributed by atoms with Gasteiger partial charge in [-0.2, -0.15) is 0 Å². The van der Waals surface area contributed by atoms with Gasteiger partial charge in [0, 0.05) is 51.4 Å². The molecule has 0 aliphatic carbocycles. The van der Waals surface area contributed by atoms with Crippen LogP contribution in [0.1, 0.15) is 51.8 Å². The van der Waals surface area contributed by atoms with E-state index in [0.717, 1.165) is 38.3 Å². The van der Waals surface area contributed by atoms with E-state index in [2.05, 4.69) is 34.1 Å². The number of piperidine rings is 1. The van der Waals surface area contributed by atoms with Crippen molar-refractivity contribution in [2.24, 2.45) is 0 Å². The first-order chi connectivity index (χ1) is 16.1. The third kappa shape index (κ3) is 4.77. The van der Waals surface area contributed by atoms with Crippen LogP contribution in [0.5, 0.6) is 0 Å². The number of rotatable bonds is 4. The van der Waals surface area contributed by atoms with Crippen LogP contribution in [-0.4, -0.2) is 82.4 Å². The molecule has 33 heavy (non-hydrogen) atoms. The van der Waals surface area contributed by atoms with Crippen LogP contribution in [0.15, 0.2) is 30.5 Å². The van der Waals surface area contributed by atoms with E-state index >= 15 is 0 Å². The molecule has 0 saturated carbocycles. The fraction of sp³-hybridized carbons (Fsp3) is 0.520. The van der Waals surface area contributed by atoms with Crippen LogP contribution >= 0.6 is 0 Å². The molecule has 0 bridgehead atoms. The highest BCUT2D eigenvalue weighted by Crippen LogP contribution is 2.27. The maximum atomic E-state index is 13.1. The Morgan fingerprint density at radius 3 is 2.48 bits per heavy atom. The zero-order valence-electron chi connectivity index (χ0n) is 19.2. The second-order valence-electron chi connectivity index (χ2n) is 9.22. The van der Waals surface area contributed by atoms with Gasteiger partial charge in [-0.3, -0.25) is 14.5 Å². The minimum atomic E-state index is -0.0330. The molecule has 4 heterocycles. The quantitative estimate of drug-likeness (QED) is 0.710. The van der Waals surface area contributed by atoms with E-state index in [4.69, 9.17) is 9.72 Å². The number of hydrogen-bond acceptors (Lipinski definition) is 6. The number of fused-ring (bicyclic) bond motifs is 1. The number of aryl methyl sites for hydroxylation is 1. The summed E-state index contributed by atoms with van der Waals surface area (Å²) in [5, 5.41) is 0. The maximum Gasteiger partial charge on any atom is 0.257 e. The van der Waals surface area contributed by atoms with Crippen LogP contribution in [0.4, 0.5) is 0 Å². The van der Waals surface area contributed by atoms with Crippen molar-refractivity contribution >= 4 is 11.8 Å². The van der Waals surface area contributed by atoms with Crippen molar-refractivity contribution in [2.75, 3.05) is 45.9 Å². The summed E-state index contributed by atoms with van der Waals surface area (Å²) in [5.41, 5.74) is 3.89. The van der Waals surface area contributed by atoms with Crippen molar-refractivity contribution in [1.82, 2.24) is 24.7 Å². The number of hydrogen-bond donors (Lipinski definition) is 0. The zero-order chi connectivity index (χ0) is 22.8. The summed E-state index contributed by atoms with van der Waals surface area (Å²) >= 11 is 0. The lowest BCUT2D eigenvalue weighted by Gasteiger charge is -2.33. The molecule has 8 heteroatoms.